The van der Waals surface area contributed by atoms with Crippen molar-refractivity contribution in [2.24, 2.45) is 0 Å². The zero-order valence-corrected chi connectivity index (χ0v) is 17.9. The summed E-state index contributed by atoms with van der Waals surface area (Å²) in [6, 6.07) is 22.0. The minimum atomic E-state index is -0.487. The number of nitrogens with zero attached hydrogens (tertiary/aromatic N) is 1. The van der Waals surface area contributed by atoms with Gasteiger partial charge in [-0.05, 0) is 79.6 Å². The van der Waals surface area contributed by atoms with Crippen molar-refractivity contribution in [3.05, 3.63) is 113 Å². The van der Waals surface area contributed by atoms with Gasteiger partial charge >= 0.3 is 5.97 Å². The van der Waals surface area contributed by atoms with E-state index in [1.807, 2.05) is 13.8 Å². The predicted octanol–water partition coefficient (Wildman–Crippen LogP) is 6.44. The van der Waals surface area contributed by atoms with E-state index in [0.29, 0.717) is 12.0 Å². The summed E-state index contributed by atoms with van der Waals surface area (Å²) in [5.74, 6) is -1.18. The molecule has 0 aliphatic carbocycles. The van der Waals surface area contributed by atoms with E-state index in [1.54, 1.807) is 12.1 Å². The first-order chi connectivity index (χ1) is 15.4. The minimum Gasteiger partial charge on any atom is -0.462 e. The Morgan fingerprint density at radius 1 is 0.844 bits per heavy atom. The zero-order valence-electron chi connectivity index (χ0n) is 17.9. The second-order valence-electron chi connectivity index (χ2n) is 7.71. The number of ether oxygens (including phenoxy) is 1. The lowest BCUT2D eigenvalue weighted by Gasteiger charge is -2.13. The SMILES string of the molecule is Cc1ccc(-c2cc(CCOC(=O)c3ccc(F)cc3)c(C)n2-c2ccc(F)cc2)cc1. The Labute approximate surface area is 185 Å². The fourth-order valence-electron chi connectivity index (χ4n) is 3.69. The molecule has 5 heteroatoms. The maximum absolute atomic E-state index is 13.5. The van der Waals surface area contributed by atoms with Gasteiger partial charge in [-0.15, -0.1) is 0 Å². The largest absolute Gasteiger partial charge is 0.462 e. The van der Waals surface area contributed by atoms with E-state index in [1.165, 1.54) is 42.0 Å². The molecular formula is C27H23F2NO2. The summed E-state index contributed by atoms with van der Waals surface area (Å²) < 4.78 is 34.0. The summed E-state index contributed by atoms with van der Waals surface area (Å²) in [6.45, 7) is 4.23. The second-order valence-corrected chi connectivity index (χ2v) is 7.71. The third-order valence-electron chi connectivity index (χ3n) is 5.47. The lowest BCUT2D eigenvalue weighted by molar-refractivity contribution is 0.0509. The van der Waals surface area contributed by atoms with Gasteiger partial charge in [0.25, 0.3) is 0 Å². The van der Waals surface area contributed by atoms with Gasteiger partial charge in [-0.3, -0.25) is 0 Å². The van der Waals surface area contributed by atoms with Crippen molar-refractivity contribution in [3.8, 4) is 16.9 Å². The second kappa shape index (κ2) is 9.18. The molecule has 0 aliphatic heterocycles. The fourth-order valence-corrected chi connectivity index (χ4v) is 3.69. The van der Waals surface area contributed by atoms with Crippen LogP contribution in [0.1, 0.15) is 27.2 Å². The van der Waals surface area contributed by atoms with E-state index >= 15 is 0 Å². The number of carbonyl (C=O) groups excluding carboxylic acids is 1. The van der Waals surface area contributed by atoms with Crippen LogP contribution in [0.15, 0.2) is 78.9 Å². The summed E-state index contributed by atoms with van der Waals surface area (Å²) in [6.07, 6.45) is 0.520. The highest BCUT2D eigenvalue weighted by molar-refractivity contribution is 5.89. The van der Waals surface area contributed by atoms with Crippen LogP contribution in [0, 0.1) is 25.5 Å². The Bertz CT molecular complexity index is 1220. The molecule has 0 bridgehead atoms. The first-order valence-electron chi connectivity index (χ1n) is 10.4. The third kappa shape index (κ3) is 4.62. The molecule has 0 fully saturated rings. The number of carbonyl (C=O) groups is 1. The molecule has 0 unspecified atom stereocenters. The molecule has 4 rings (SSSR count). The smallest absolute Gasteiger partial charge is 0.338 e. The van der Waals surface area contributed by atoms with Crippen LogP contribution in [0.25, 0.3) is 16.9 Å². The molecule has 3 aromatic carbocycles. The van der Waals surface area contributed by atoms with E-state index in [0.717, 1.165) is 28.2 Å². The Kier molecular flexibility index (Phi) is 6.17. The van der Waals surface area contributed by atoms with Crippen molar-refractivity contribution in [1.82, 2.24) is 4.57 Å². The molecule has 0 saturated heterocycles. The van der Waals surface area contributed by atoms with Crippen LogP contribution in [-0.2, 0) is 11.2 Å². The number of benzene rings is 3. The number of rotatable bonds is 6. The number of halogens is 2. The van der Waals surface area contributed by atoms with Gasteiger partial charge < -0.3 is 9.30 Å². The maximum atomic E-state index is 13.5. The molecule has 0 saturated carbocycles. The molecule has 0 spiro atoms. The Morgan fingerprint density at radius 2 is 1.44 bits per heavy atom. The molecule has 0 amide bonds. The van der Waals surface area contributed by atoms with Crippen LogP contribution in [0.5, 0.6) is 0 Å². The van der Waals surface area contributed by atoms with Crippen molar-refractivity contribution in [1.29, 1.82) is 0 Å². The van der Waals surface area contributed by atoms with E-state index < -0.39 is 11.8 Å². The van der Waals surface area contributed by atoms with Gasteiger partial charge in [0.15, 0.2) is 0 Å². The van der Waals surface area contributed by atoms with Gasteiger partial charge in [-0.2, -0.15) is 0 Å². The van der Waals surface area contributed by atoms with E-state index in [4.69, 9.17) is 4.74 Å². The number of aromatic nitrogens is 1. The lowest BCUT2D eigenvalue weighted by atomic mass is 10.1. The zero-order chi connectivity index (χ0) is 22.7. The van der Waals surface area contributed by atoms with Crippen LogP contribution < -0.4 is 0 Å². The average Bonchev–Trinajstić information content (AvgIpc) is 3.11. The monoisotopic (exact) mass is 431 g/mol. The van der Waals surface area contributed by atoms with Crippen molar-refractivity contribution in [3.63, 3.8) is 0 Å². The quantitative estimate of drug-likeness (QED) is 0.329. The molecule has 4 aromatic rings. The van der Waals surface area contributed by atoms with E-state index in [2.05, 4.69) is 34.9 Å². The lowest BCUT2D eigenvalue weighted by Crippen LogP contribution is -2.08. The first kappa shape index (κ1) is 21.5. The Hall–Kier alpha value is -3.73. The molecule has 1 heterocycles. The average molecular weight is 431 g/mol. The van der Waals surface area contributed by atoms with E-state index in [-0.39, 0.29) is 12.4 Å². The van der Waals surface area contributed by atoms with Crippen LogP contribution in [-0.4, -0.2) is 17.1 Å². The maximum Gasteiger partial charge on any atom is 0.338 e. The van der Waals surface area contributed by atoms with Crippen LogP contribution in [0.4, 0.5) is 8.78 Å². The van der Waals surface area contributed by atoms with E-state index in [9.17, 15) is 13.6 Å². The Balaban J connectivity index is 1.60. The van der Waals surface area contributed by atoms with Crippen molar-refractivity contribution in [2.75, 3.05) is 6.61 Å². The molecule has 0 N–H and O–H groups in total. The number of hydrogen-bond acceptors (Lipinski definition) is 2. The van der Waals surface area contributed by atoms with Gasteiger partial charge in [0, 0.05) is 17.8 Å². The molecule has 0 radical (unpaired) electrons. The fraction of sp³-hybridized carbons (Fsp3) is 0.148. The standard InChI is InChI=1S/C27H23F2NO2/c1-18-3-5-20(6-4-18)26-17-22(19(2)30(26)25-13-11-24(29)12-14-25)15-16-32-27(31)21-7-9-23(28)10-8-21/h3-14,17H,15-16H2,1-2H3. The molecular weight excluding hydrogens is 408 g/mol. The molecule has 1 aromatic heterocycles. The highest BCUT2D eigenvalue weighted by Gasteiger charge is 2.16. The Morgan fingerprint density at radius 3 is 2.06 bits per heavy atom. The molecule has 32 heavy (non-hydrogen) atoms. The first-order valence-corrected chi connectivity index (χ1v) is 10.4. The topological polar surface area (TPSA) is 31.2 Å². The summed E-state index contributed by atoms with van der Waals surface area (Å²) in [5, 5.41) is 0. The number of esters is 1. The summed E-state index contributed by atoms with van der Waals surface area (Å²) >= 11 is 0. The van der Waals surface area contributed by atoms with Crippen LogP contribution in [0.3, 0.4) is 0 Å². The highest BCUT2D eigenvalue weighted by Crippen LogP contribution is 2.30. The van der Waals surface area contributed by atoms with Gasteiger partial charge in [-0.25, -0.2) is 13.6 Å². The molecule has 0 atom stereocenters. The van der Waals surface area contributed by atoms with Gasteiger partial charge in [0.1, 0.15) is 11.6 Å². The molecule has 3 nitrogen and oxygen atoms in total. The van der Waals surface area contributed by atoms with Crippen LogP contribution in [0.2, 0.25) is 0 Å². The van der Waals surface area contributed by atoms with Gasteiger partial charge in [-0.1, -0.05) is 29.8 Å². The molecule has 0 aliphatic rings. The summed E-state index contributed by atoms with van der Waals surface area (Å²) in [4.78, 5) is 12.2. The van der Waals surface area contributed by atoms with Gasteiger partial charge in [0.05, 0.1) is 17.9 Å². The highest BCUT2D eigenvalue weighted by atomic mass is 19.1. The number of aryl methyl sites for hydroxylation is 1. The van der Waals surface area contributed by atoms with Crippen LogP contribution >= 0.6 is 0 Å². The van der Waals surface area contributed by atoms with Crippen molar-refractivity contribution < 1.29 is 18.3 Å². The van der Waals surface area contributed by atoms with Crippen molar-refractivity contribution in [2.45, 2.75) is 20.3 Å². The third-order valence-corrected chi connectivity index (χ3v) is 5.47. The summed E-state index contributed by atoms with van der Waals surface area (Å²) in [5.41, 5.74) is 6.37. The molecule has 162 valence electrons. The summed E-state index contributed by atoms with van der Waals surface area (Å²) in [7, 11) is 0. The normalized spacial score (nSPS) is 10.9. The predicted molar refractivity (Wildman–Crippen MR) is 121 cm³/mol. The van der Waals surface area contributed by atoms with Gasteiger partial charge in [0.2, 0.25) is 0 Å². The number of hydrogen-bond donors (Lipinski definition) is 0. The minimum absolute atomic E-state index is 0.192. The van der Waals surface area contributed by atoms with Crippen molar-refractivity contribution >= 4 is 5.97 Å².